The fourth-order valence-corrected chi connectivity index (χ4v) is 3.36. The summed E-state index contributed by atoms with van der Waals surface area (Å²) in [6, 6.07) is 0.524. The summed E-state index contributed by atoms with van der Waals surface area (Å²) in [5.74, 6) is 7.44. The molecule has 1 fully saturated rings. The van der Waals surface area contributed by atoms with Crippen molar-refractivity contribution in [3.63, 3.8) is 0 Å². The Morgan fingerprint density at radius 1 is 1.41 bits per heavy atom. The number of aliphatic imine (C=N–C) groups is 1. The Labute approximate surface area is 109 Å². The predicted octanol–water partition coefficient (Wildman–Crippen LogP) is 1.87. The lowest BCUT2D eigenvalue weighted by molar-refractivity contribution is 0.622. The van der Waals surface area contributed by atoms with Gasteiger partial charge in [-0.2, -0.15) is 11.8 Å². The van der Waals surface area contributed by atoms with Crippen LogP contribution in [0.5, 0.6) is 0 Å². The van der Waals surface area contributed by atoms with Crippen LogP contribution in [0.15, 0.2) is 4.99 Å². The first-order chi connectivity index (χ1) is 8.31. The molecule has 1 aliphatic rings. The van der Waals surface area contributed by atoms with Crippen molar-refractivity contribution in [1.82, 2.24) is 10.7 Å². The van der Waals surface area contributed by atoms with Crippen LogP contribution in [0.1, 0.15) is 46.0 Å². The van der Waals surface area contributed by atoms with Crippen LogP contribution in [-0.4, -0.2) is 29.5 Å². The Morgan fingerprint density at radius 3 is 2.88 bits per heavy atom. The van der Waals surface area contributed by atoms with Gasteiger partial charge in [0, 0.05) is 17.8 Å². The van der Waals surface area contributed by atoms with Gasteiger partial charge in [0.2, 0.25) is 5.96 Å². The molecule has 0 amide bonds. The highest BCUT2D eigenvalue weighted by atomic mass is 32.2. The molecule has 2 unspecified atom stereocenters. The zero-order valence-corrected chi connectivity index (χ0v) is 11.9. The highest BCUT2D eigenvalue weighted by Crippen LogP contribution is 2.29. The van der Waals surface area contributed by atoms with Crippen molar-refractivity contribution in [1.29, 1.82) is 0 Å². The van der Waals surface area contributed by atoms with Crippen LogP contribution in [0, 0.1) is 0 Å². The zero-order chi connectivity index (χ0) is 12.5. The number of rotatable bonds is 6. The average Bonchev–Trinajstić information content (AvgIpc) is 2.76. The van der Waals surface area contributed by atoms with Gasteiger partial charge in [-0.25, -0.2) is 5.84 Å². The van der Waals surface area contributed by atoms with Gasteiger partial charge >= 0.3 is 0 Å². The summed E-state index contributed by atoms with van der Waals surface area (Å²) in [5, 5.41) is 4.17. The number of hydrogen-bond acceptors (Lipinski definition) is 3. The first-order valence-corrected chi connectivity index (χ1v) is 7.75. The summed E-state index contributed by atoms with van der Waals surface area (Å²) < 4.78 is 0. The zero-order valence-electron chi connectivity index (χ0n) is 11.0. The topological polar surface area (TPSA) is 62.4 Å². The lowest BCUT2D eigenvalue weighted by Gasteiger charge is -2.21. The molecule has 100 valence electrons. The van der Waals surface area contributed by atoms with Gasteiger partial charge in [0.05, 0.1) is 0 Å². The van der Waals surface area contributed by atoms with E-state index in [0.29, 0.717) is 11.3 Å². The maximum absolute atomic E-state index is 5.50. The molecule has 1 aliphatic carbocycles. The molecule has 17 heavy (non-hydrogen) atoms. The molecule has 4 N–H and O–H groups in total. The van der Waals surface area contributed by atoms with Crippen molar-refractivity contribution in [3.05, 3.63) is 0 Å². The number of unbranched alkanes of at least 4 members (excludes halogenated alkanes) is 1. The van der Waals surface area contributed by atoms with Crippen molar-refractivity contribution in [2.45, 2.75) is 57.2 Å². The Kier molecular flexibility index (Phi) is 7.44. The molecule has 1 rings (SSSR count). The number of hydrogen-bond donors (Lipinski definition) is 3. The third-order valence-electron chi connectivity index (χ3n) is 3.07. The predicted molar refractivity (Wildman–Crippen MR) is 77.2 cm³/mol. The van der Waals surface area contributed by atoms with Gasteiger partial charge < -0.3 is 5.32 Å². The largest absolute Gasteiger partial charge is 0.351 e. The van der Waals surface area contributed by atoms with Crippen molar-refractivity contribution in [2.24, 2.45) is 10.8 Å². The van der Waals surface area contributed by atoms with Crippen LogP contribution >= 0.6 is 11.8 Å². The summed E-state index contributed by atoms with van der Waals surface area (Å²) in [6.07, 6.45) is 6.13. The second kappa shape index (κ2) is 8.64. The van der Waals surface area contributed by atoms with Crippen LogP contribution in [0.3, 0.4) is 0 Å². The number of hydrazine groups is 1. The molecule has 0 aromatic carbocycles. The van der Waals surface area contributed by atoms with E-state index in [0.717, 1.165) is 18.9 Å². The second-order valence-corrected chi connectivity index (χ2v) is 5.92. The minimum absolute atomic E-state index is 0.524. The maximum Gasteiger partial charge on any atom is 0.205 e. The molecule has 0 bridgehead atoms. The quantitative estimate of drug-likeness (QED) is 0.224. The Morgan fingerprint density at radius 2 is 2.24 bits per heavy atom. The number of nitrogens with zero attached hydrogens (tertiary/aromatic N) is 1. The molecular formula is C12H26N4S. The molecular weight excluding hydrogens is 232 g/mol. The number of nitrogens with one attached hydrogen (secondary N) is 2. The van der Waals surface area contributed by atoms with E-state index < -0.39 is 0 Å². The smallest absolute Gasteiger partial charge is 0.205 e. The molecule has 4 nitrogen and oxygen atoms in total. The first kappa shape index (κ1) is 14.6. The third kappa shape index (κ3) is 5.17. The van der Waals surface area contributed by atoms with Gasteiger partial charge in [0.25, 0.3) is 0 Å². The minimum Gasteiger partial charge on any atom is -0.351 e. The van der Waals surface area contributed by atoms with E-state index >= 15 is 0 Å². The Hall–Kier alpha value is -0.420. The van der Waals surface area contributed by atoms with E-state index in [9.17, 15) is 0 Å². The molecule has 0 saturated heterocycles. The van der Waals surface area contributed by atoms with E-state index in [4.69, 9.17) is 5.84 Å². The van der Waals surface area contributed by atoms with E-state index in [1.54, 1.807) is 0 Å². The summed E-state index contributed by atoms with van der Waals surface area (Å²) in [5.41, 5.74) is 2.68. The minimum atomic E-state index is 0.524. The number of nitrogens with two attached hydrogens (primary N) is 1. The Balaban J connectivity index is 2.40. The highest BCUT2D eigenvalue weighted by Gasteiger charge is 2.27. The number of thioether (sulfide) groups is 1. The lowest BCUT2D eigenvalue weighted by atomic mass is 10.2. The highest BCUT2D eigenvalue weighted by molar-refractivity contribution is 7.99. The van der Waals surface area contributed by atoms with Crippen molar-refractivity contribution >= 4 is 17.7 Å². The van der Waals surface area contributed by atoms with Gasteiger partial charge in [0.15, 0.2) is 0 Å². The van der Waals surface area contributed by atoms with Gasteiger partial charge in [0.1, 0.15) is 0 Å². The van der Waals surface area contributed by atoms with Gasteiger partial charge in [-0.05, 0) is 25.0 Å². The maximum atomic E-state index is 5.50. The standard InChI is InChI=1S/C12H26N4S/c1-3-5-9-14-12(16-13)15-10-7-6-8-11(10)17-4-2/h10-11H,3-9,13H2,1-2H3,(H2,14,15,16). The molecule has 0 aliphatic heterocycles. The SMILES string of the molecule is CCCCN=C(NN)NC1CCCC1SCC. The van der Waals surface area contributed by atoms with Gasteiger partial charge in [-0.1, -0.05) is 26.7 Å². The van der Waals surface area contributed by atoms with Crippen molar-refractivity contribution in [3.8, 4) is 0 Å². The monoisotopic (exact) mass is 258 g/mol. The Bertz CT molecular complexity index is 233. The van der Waals surface area contributed by atoms with Crippen molar-refractivity contribution < 1.29 is 0 Å². The molecule has 0 radical (unpaired) electrons. The van der Waals surface area contributed by atoms with Crippen LogP contribution in [-0.2, 0) is 0 Å². The molecule has 0 heterocycles. The van der Waals surface area contributed by atoms with E-state index in [1.807, 2.05) is 11.8 Å². The molecule has 1 saturated carbocycles. The van der Waals surface area contributed by atoms with Crippen LogP contribution < -0.4 is 16.6 Å². The lowest BCUT2D eigenvalue weighted by Crippen LogP contribution is -2.48. The fourth-order valence-electron chi connectivity index (χ4n) is 2.16. The first-order valence-electron chi connectivity index (χ1n) is 6.71. The average molecular weight is 258 g/mol. The van der Waals surface area contributed by atoms with E-state index in [-0.39, 0.29) is 0 Å². The summed E-state index contributed by atoms with van der Waals surface area (Å²) in [4.78, 5) is 4.45. The van der Waals surface area contributed by atoms with Crippen LogP contribution in [0.25, 0.3) is 0 Å². The van der Waals surface area contributed by atoms with E-state index in [1.165, 1.54) is 31.4 Å². The molecule has 5 heteroatoms. The summed E-state index contributed by atoms with van der Waals surface area (Å²) >= 11 is 2.04. The molecule has 0 aromatic rings. The van der Waals surface area contributed by atoms with Gasteiger partial charge in [-0.15, -0.1) is 0 Å². The van der Waals surface area contributed by atoms with Crippen LogP contribution in [0.4, 0.5) is 0 Å². The third-order valence-corrected chi connectivity index (χ3v) is 4.40. The molecule has 0 spiro atoms. The van der Waals surface area contributed by atoms with Crippen molar-refractivity contribution in [2.75, 3.05) is 12.3 Å². The number of guanidine groups is 1. The molecule has 2 atom stereocenters. The fraction of sp³-hybridized carbons (Fsp3) is 0.917. The molecule has 0 aromatic heterocycles. The summed E-state index contributed by atoms with van der Waals surface area (Å²) in [7, 11) is 0. The van der Waals surface area contributed by atoms with Gasteiger partial charge in [-0.3, -0.25) is 10.4 Å². The summed E-state index contributed by atoms with van der Waals surface area (Å²) in [6.45, 7) is 5.24. The van der Waals surface area contributed by atoms with E-state index in [2.05, 4.69) is 29.6 Å². The van der Waals surface area contributed by atoms with Crippen LogP contribution in [0.2, 0.25) is 0 Å². The second-order valence-electron chi connectivity index (χ2n) is 4.40. The normalized spacial score (nSPS) is 25.0.